The van der Waals surface area contributed by atoms with Crippen LogP contribution in [0.25, 0.3) is 6.08 Å². The Morgan fingerprint density at radius 1 is 0.793 bits per heavy atom. The van der Waals surface area contributed by atoms with E-state index in [1.54, 1.807) is 5.56 Å². The van der Waals surface area contributed by atoms with Crippen molar-refractivity contribution in [3.8, 4) is 0 Å². The zero-order valence-corrected chi connectivity index (χ0v) is 19.0. The zero-order valence-electron chi connectivity index (χ0n) is 19.0. The van der Waals surface area contributed by atoms with Gasteiger partial charge in [-0.1, -0.05) is 87.9 Å². The van der Waals surface area contributed by atoms with Crippen molar-refractivity contribution in [2.75, 3.05) is 0 Å². The Kier molecular flexibility index (Phi) is 9.58. The Bertz CT molecular complexity index is 591. The first kappa shape index (κ1) is 22.4. The number of unbranched alkanes of at least 4 members (excludes halogenated alkanes) is 4. The van der Waals surface area contributed by atoms with Gasteiger partial charge < -0.3 is 0 Å². The first-order valence-electron chi connectivity index (χ1n) is 12.7. The summed E-state index contributed by atoms with van der Waals surface area (Å²) in [6, 6.07) is 9.45. The van der Waals surface area contributed by atoms with E-state index < -0.39 is 0 Å². The van der Waals surface area contributed by atoms with Crippen LogP contribution in [0.1, 0.15) is 114 Å². The van der Waals surface area contributed by atoms with Gasteiger partial charge in [0.2, 0.25) is 0 Å². The molecule has 0 bridgehead atoms. The van der Waals surface area contributed by atoms with Gasteiger partial charge in [0.25, 0.3) is 0 Å². The second-order valence-electron chi connectivity index (χ2n) is 9.86. The molecule has 0 unspecified atom stereocenters. The monoisotopic (exact) mass is 392 g/mol. The van der Waals surface area contributed by atoms with Crippen molar-refractivity contribution in [1.29, 1.82) is 0 Å². The van der Waals surface area contributed by atoms with Crippen LogP contribution in [0.2, 0.25) is 0 Å². The predicted octanol–water partition coefficient (Wildman–Crippen LogP) is 9.33. The quantitative estimate of drug-likeness (QED) is 0.275. The number of allylic oxidation sites excluding steroid dienone is 2. The van der Waals surface area contributed by atoms with E-state index in [1.165, 1.54) is 95.5 Å². The summed E-state index contributed by atoms with van der Waals surface area (Å²) in [5, 5.41) is 0. The van der Waals surface area contributed by atoms with E-state index >= 15 is 0 Å². The molecule has 29 heavy (non-hydrogen) atoms. The number of rotatable bonds is 10. The van der Waals surface area contributed by atoms with Gasteiger partial charge in [-0.15, -0.1) is 6.58 Å². The van der Waals surface area contributed by atoms with E-state index in [-0.39, 0.29) is 0 Å². The molecule has 3 rings (SSSR count). The first-order valence-corrected chi connectivity index (χ1v) is 12.7. The fourth-order valence-corrected chi connectivity index (χ4v) is 5.52. The summed E-state index contributed by atoms with van der Waals surface area (Å²) in [6.07, 6.45) is 26.7. The van der Waals surface area contributed by atoms with Gasteiger partial charge in [0.05, 0.1) is 0 Å². The molecule has 1 aromatic rings. The highest BCUT2D eigenvalue weighted by atomic mass is 14.3. The fourth-order valence-electron chi connectivity index (χ4n) is 5.52. The van der Waals surface area contributed by atoms with E-state index in [1.807, 2.05) is 0 Å². The summed E-state index contributed by atoms with van der Waals surface area (Å²) >= 11 is 0. The summed E-state index contributed by atoms with van der Waals surface area (Å²) < 4.78 is 0. The summed E-state index contributed by atoms with van der Waals surface area (Å²) in [5.74, 6) is 3.34. The minimum atomic E-state index is 0.754. The van der Waals surface area contributed by atoms with Crippen LogP contribution in [-0.2, 0) is 0 Å². The Hall–Kier alpha value is -1.30. The molecule has 0 amide bonds. The van der Waals surface area contributed by atoms with Gasteiger partial charge in [-0.2, -0.15) is 0 Å². The molecular formula is C29H44. The average Bonchev–Trinajstić information content (AvgIpc) is 2.79. The minimum Gasteiger partial charge on any atom is -0.103 e. The molecule has 0 aromatic heterocycles. The van der Waals surface area contributed by atoms with Gasteiger partial charge in [0.15, 0.2) is 0 Å². The lowest BCUT2D eigenvalue weighted by molar-refractivity contribution is 0.289. The van der Waals surface area contributed by atoms with E-state index in [4.69, 9.17) is 0 Å². The molecule has 0 heterocycles. The topological polar surface area (TPSA) is 0 Å². The van der Waals surface area contributed by atoms with Gasteiger partial charge in [0, 0.05) is 0 Å². The maximum Gasteiger partial charge on any atom is -0.0162 e. The van der Waals surface area contributed by atoms with Crippen LogP contribution in [0, 0.1) is 17.8 Å². The molecule has 160 valence electrons. The van der Waals surface area contributed by atoms with Gasteiger partial charge in [-0.05, 0) is 86.2 Å². The lowest BCUT2D eigenvalue weighted by atomic mass is 9.78. The molecule has 2 fully saturated rings. The number of hydrogen-bond acceptors (Lipinski definition) is 0. The first-order chi connectivity index (χ1) is 14.3. The molecule has 0 heteroatoms. The van der Waals surface area contributed by atoms with E-state index in [2.05, 4.69) is 56.0 Å². The van der Waals surface area contributed by atoms with Crippen molar-refractivity contribution >= 4 is 6.08 Å². The third-order valence-corrected chi connectivity index (χ3v) is 7.68. The molecule has 0 radical (unpaired) electrons. The third-order valence-electron chi connectivity index (χ3n) is 7.68. The van der Waals surface area contributed by atoms with Gasteiger partial charge in [-0.25, -0.2) is 0 Å². The van der Waals surface area contributed by atoms with Crippen molar-refractivity contribution in [3.05, 3.63) is 54.1 Å². The molecule has 1 aromatic carbocycles. The SMILES string of the molecule is C=CC1CCC(c2ccc(/C=C/C3CCC(CCCCCCC)CC3)cc2)CC1. The standard InChI is InChI=1S/C29H44/c1-3-5-6-7-8-9-25-10-12-26(13-11-25)14-15-27-18-22-29(23-19-27)28-20-16-24(4-2)17-21-28/h4,14-15,18-19,22-26,28H,2-3,5-13,16-17,20-21H2,1H3/b15-14+. The highest BCUT2D eigenvalue weighted by Crippen LogP contribution is 2.36. The molecular weight excluding hydrogens is 348 g/mol. The molecule has 0 atom stereocenters. The largest absolute Gasteiger partial charge is 0.103 e. The van der Waals surface area contributed by atoms with Gasteiger partial charge in [0.1, 0.15) is 0 Å². The minimum absolute atomic E-state index is 0.754. The third kappa shape index (κ3) is 7.47. The molecule has 2 saturated carbocycles. The van der Waals surface area contributed by atoms with Crippen molar-refractivity contribution in [1.82, 2.24) is 0 Å². The second-order valence-corrected chi connectivity index (χ2v) is 9.86. The predicted molar refractivity (Wildman–Crippen MR) is 129 cm³/mol. The van der Waals surface area contributed by atoms with Crippen LogP contribution in [0.5, 0.6) is 0 Å². The molecule has 0 N–H and O–H groups in total. The van der Waals surface area contributed by atoms with Crippen molar-refractivity contribution in [2.24, 2.45) is 17.8 Å². The molecule has 2 aliphatic rings. The highest BCUT2D eigenvalue weighted by Gasteiger charge is 2.21. The molecule has 0 aliphatic heterocycles. The van der Waals surface area contributed by atoms with Crippen molar-refractivity contribution in [2.45, 2.75) is 103 Å². The normalized spacial score (nSPS) is 27.9. The molecule has 0 spiro atoms. The van der Waals surface area contributed by atoms with Crippen LogP contribution in [0.3, 0.4) is 0 Å². The fraction of sp³-hybridized carbons (Fsp3) is 0.655. The maximum absolute atomic E-state index is 3.97. The Morgan fingerprint density at radius 2 is 1.45 bits per heavy atom. The number of hydrogen-bond donors (Lipinski definition) is 0. The van der Waals surface area contributed by atoms with Crippen molar-refractivity contribution in [3.63, 3.8) is 0 Å². The van der Waals surface area contributed by atoms with Crippen LogP contribution >= 0.6 is 0 Å². The summed E-state index contributed by atoms with van der Waals surface area (Å²) in [4.78, 5) is 0. The Balaban J connectivity index is 1.37. The smallest absolute Gasteiger partial charge is 0.0162 e. The highest BCUT2D eigenvalue weighted by molar-refractivity contribution is 5.50. The van der Waals surface area contributed by atoms with Crippen molar-refractivity contribution < 1.29 is 0 Å². The van der Waals surface area contributed by atoms with Gasteiger partial charge >= 0.3 is 0 Å². The van der Waals surface area contributed by atoms with Crippen LogP contribution in [-0.4, -0.2) is 0 Å². The van der Waals surface area contributed by atoms with Crippen LogP contribution < -0.4 is 0 Å². The molecule has 0 nitrogen and oxygen atoms in total. The lowest BCUT2D eigenvalue weighted by Gasteiger charge is -2.27. The van der Waals surface area contributed by atoms with Gasteiger partial charge in [-0.3, -0.25) is 0 Å². The Morgan fingerprint density at radius 3 is 2.10 bits per heavy atom. The molecule has 0 saturated heterocycles. The summed E-state index contributed by atoms with van der Waals surface area (Å²) in [5.41, 5.74) is 2.93. The second kappa shape index (κ2) is 12.4. The van der Waals surface area contributed by atoms with Crippen LogP contribution in [0.15, 0.2) is 43.0 Å². The van der Waals surface area contributed by atoms with E-state index in [0.717, 1.165) is 23.7 Å². The summed E-state index contributed by atoms with van der Waals surface area (Å²) in [6.45, 7) is 6.28. The Labute approximate surface area is 180 Å². The number of benzene rings is 1. The average molecular weight is 393 g/mol. The van der Waals surface area contributed by atoms with E-state index in [0.29, 0.717) is 0 Å². The lowest BCUT2D eigenvalue weighted by Crippen LogP contribution is -2.13. The maximum atomic E-state index is 3.97. The van der Waals surface area contributed by atoms with Crippen LogP contribution in [0.4, 0.5) is 0 Å². The molecule has 2 aliphatic carbocycles. The van der Waals surface area contributed by atoms with E-state index in [9.17, 15) is 0 Å². The zero-order chi connectivity index (χ0) is 20.3. The summed E-state index contributed by atoms with van der Waals surface area (Å²) in [7, 11) is 0.